The van der Waals surface area contributed by atoms with Gasteiger partial charge in [-0.2, -0.15) is 18.3 Å². The van der Waals surface area contributed by atoms with Crippen LogP contribution < -0.4 is 5.32 Å². The first-order chi connectivity index (χ1) is 13.8. The standard InChI is InChI=1S/C18H20F4N6O/c19-15-5-11(1-2-14(15)18(20,21)22)6-23-13-8-28(9-13)17(29)27-4-3-12(7-27)16-24-10-25-26-16/h1-2,5,10,12-13,23H,3-4,6-9H2,(H,24,25,26)/t12-/m0/s1. The summed E-state index contributed by atoms with van der Waals surface area (Å²) in [5, 5.41) is 9.82. The highest BCUT2D eigenvalue weighted by Crippen LogP contribution is 2.31. The Balaban J connectivity index is 1.22. The molecule has 29 heavy (non-hydrogen) atoms. The van der Waals surface area contributed by atoms with Crippen molar-refractivity contribution in [2.45, 2.75) is 31.1 Å². The predicted octanol–water partition coefficient (Wildman–Crippen LogP) is 2.35. The van der Waals surface area contributed by atoms with Gasteiger partial charge in [-0.3, -0.25) is 5.10 Å². The second-order valence-electron chi connectivity index (χ2n) is 7.38. The number of urea groups is 1. The first-order valence-electron chi connectivity index (χ1n) is 9.29. The number of likely N-dealkylation sites (tertiary alicyclic amines) is 2. The molecule has 1 atom stereocenters. The monoisotopic (exact) mass is 412 g/mol. The van der Waals surface area contributed by atoms with E-state index in [1.807, 2.05) is 0 Å². The molecular formula is C18H20F4N6O. The van der Waals surface area contributed by atoms with E-state index < -0.39 is 17.6 Å². The quantitative estimate of drug-likeness (QED) is 0.756. The fraction of sp³-hybridized carbons (Fsp3) is 0.500. The van der Waals surface area contributed by atoms with Gasteiger partial charge >= 0.3 is 12.2 Å². The van der Waals surface area contributed by atoms with Crippen LogP contribution in [0.4, 0.5) is 22.4 Å². The molecular weight excluding hydrogens is 392 g/mol. The van der Waals surface area contributed by atoms with Crippen LogP contribution in [0.3, 0.4) is 0 Å². The molecule has 3 heterocycles. The van der Waals surface area contributed by atoms with Crippen LogP contribution in [0.2, 0.25) is 0 Å². The van der Waals surface area contributed by atoms with Gasteiger partial charge in [0.25, 0.3) is 0 Å². The van der Waals surface area contributed by atoms with Gasteiger partial charge in [0.2, 0.25) is 0 Å². The summed E-state index contributed by atoms with van der Waals surface area (Å²) >= 11 is 0. The minimum absolute atomic E-state index is 0.0250. The third kappa shape index (κ3) is 4.19. The Bertz CT molecular complexity index is 866. The van der Waals surface area contributed by atoms with Crippen LogP contribution in [-0.2, 0) is 12.7 Å². The van der Waals surface area contributed by atoms with Crippen LogP contribution in [0.25, 0.3) is 0 Å². The van der Waals surface area contributed by atoms with E-state index in [0.717, 1.165) is 24.4 Å². The summed E-state index contributed by atoms with van der Waals surface area (Å²) in [5.41, 5.74) is -0.842. The summed E-state index contributed by atoms with van der Waals surface area (Å²) in [6, 6.07) is 2.89. The molecule has 11 heteroatoms. The van der Waals surface area contributed by atoms with Crippen LogP contribution >= 0.6 is 0 Å². The fourth-order valence-corrected chi connectivity index (χ4v) is 3.69. The van der Waals surface area contributed by atoms with E-state index in [4.69, 9.17) is 0 Å². The van der Waals surface area contributed by atoms with E-state index in [-0.39, 0.29) is 24.5 Å². The Kier molecular flexibility index (Phi) is 5.15. The van der Waals surface area contributed by atoms with Crippen molar-refractivity contribution in [3.05, 3.63) is 47.3 Å². The Hall–Kier alpha value is -2.69. The molecule has 2 aromatic rings. The van der Waals surface area contributed by atoms with Gasteiger partial charge < -0.3 is 15.1 Å². The van der Waals surface area contributed by atoms with Crippen molar-refractivity contribution in [1.82, 2.24) is 30.3 Å². The van der Waals surface area contributed by atoms with Crippen molar-refractivity contribution in [2.75, 3.05) is 26.2 Å². The van der Waals surface area contributed by atoms with E-state index in [9.17, 15) is 22.4 Å². The van der Waals surface area contributed by atoms with Crippen molar-refractivity contribution in [2.24, 2.45) is 0 Å². The molecule has 1 aromatic carbocycles. The number of hydrogen-bond acceptors (Lipinski definition) is 4. The van der Waals surface area contributed by atoms with E-state index in [2.05, 4.69) is 20.5 Å². The first-order valence-corrected chi connectivity index (χ1v) is 9.29. The first kappa shape index (κ1) is 19.6. The number of halogens is 4. The van der Waals surface area contributed by atoms with Crippen molar-refractivity contribution in [3.63, 3.8) is 0 Å². The third-order valence-electron chi connectivity index (χ3n) is 5.36. The summed E-state index contributed by atoms with van der Waals surface area (Å²) in [7, 11) is 0. The summed E-state index contributed by atoms with van der Waals surface area (Å²) in [4.78, 5) is 20.2. The molecule has 2 aliphatic heterocycles. The number of alkyl halides is 3. The SMILES string of the molecule is O=C(N1CC(NCc2ccc(C(F)(F)F)c(F)c2)C1)N1CC[C@H](c2ncn[nH]2)C1. The molecule has 1 aromatic heterocycles. The van der Waals surface area contributed by atoms with Crippen LogP contribution in [0.5, 0.6) is 0 Å². The second-order valence-corrected chi connectivity index (χ2v) is 7.38. The molecule has 2 N–H and O–H groups in total. The normalized spacial score (nSPS) is 20.2. The zero-order chi connectivity index (χ0) is 20.6. The summed E-state index contributed by atoms with van der Waals surface area (Å²) in [6.45, 7) is 2.49. The number of amides is 2. The van der Waals surface area contributed by atoms with Gasteiger partial charge in [-0.1, -0.05) is 6.07 Å². The highest BCUT2D eigenvalue weighted by molar-refractivity contribution is 5.76. The lowest BCUT2D eigenvalue weighted by Gasteiger charge is -2.41. The number of carbonyl (C=O) groups is 1. The zero-order valence-electron chi connectivity index (χ0n) is 15.4. The summed E-state index contributed by atoms with van der Waals surface area (Å²) in [6.07, 6.45) is -2.42. The number of H-pyrrole nitrogens is 1. The third-order valence-corrected chi connectivity index (χ3v) is 5.36. The minimum atomic E-state index is -4.70. The molecule has 2 fully saturated rings. The average Bonchev–Trinajstić information content (AvgIpc) is 3.30. The van der Waals surface area contributed by atoms with E-state index >= 15 is 0 Å². The smallest absolute Gasteiger partial charge is 0.324 e. The zero-order valence-corrected chi connectivity index (χ0v) is 15.4. The Labute approximate surface area is 164 Å². The molecule has 0 saturated carbocycles. The van der Waals surface area contributed by atoms with Crippen molar-refractivity contribution >= 4 is 6.03 Å². The van der Waals surface area contributed by atoms with Gasteiger partial charge in [-0.05, 0) is 24.1 Å². The van der Waals surface area contributed by atoms with Gasteiger partial charge in [0, 0.05) is 44.7 Å². The molecule has 2 aliphatic rings. The molecule has 0 bridgehead atoms. The molecule has 0 radical (unpaired) electrons. The molecule has 7 nitrogen and oxygen atoms in total. The molecule has 0 aliphatic carbocycles. The number of hydrogen-bond donors (Lipinski definition) is 2. The number of nitrogens with zero attached hydrogens (tertiary/aromatic N) is 4. The van der Waals surface area contributed by atoms with Gasteiger partial charge in [-0.15, -0.1) is 0 Å². The maximum Gasteiger partial charge on any atom is 0.419 e. The Morgan fingerprint density at radius 1 is 1.24 bits per heavy atom. The van der Waals surface area contributed by atoms with Crippen molar-refractivity contribution in [1.29, 1.82) is 0 Å². The highest BCUT2D eigenvalue weighted by Gasteiger charge is 2.37. The van der Waals surface area contributed by atoms with Crippen LogP contribution in [0.15, 0.2) is 24.5 Å². The van der Waals surface area contributed by atoms with E-state index in [0.29, 0.717) is 31.7 Å². The van der Waals surface area contributed by atoms with Crippen LogP contribution in [0.1, 0.15) is 29.3 Å². The Morgan fingerprint density at radius 2 is 2.03 bits per heavy atom. The Morgan fingerprint density at radius 3 is 2.69 bits per heavy atom. The minimum Gasteiger partial charge on any atom is -0.324 e. The molecule has 0 spiro atoms. The van der Waals surface area contributed by atoms with E-state index in [1.165, 1.54) is 12.4 Å². The predicted molar refractivity (Wildman–Crippen MR) is 94.3 cm³/mol. The number of benzene rings is 1. The lowest BCUT2D eigenvalue weighted by Crippen LogP contribution is -2.62. The fourth-order valence-electron chi connectivity index (χ4n) is 3.69. The lowest BCUT2D eigenvalue weighted by atomic mass is 10.1. The number of aromatic amines is 1. The number of rotatable bonds is 4. The molecule has 0 unspecified atom stereocenters. The summed E-state index contributed by atoms with van der Waals surface area (Å²) in [5.74, 6) is -0.337. The van der Waals surface area contributed by atoms with Crippen LogP contribution in [0, 0.1) is 5.82 Å². The van der Waals surface area contributed by atoms with Gasteiger partial charge in [0.1, 0.15) is 18.0 Å². The molecule has 2 amide bonds. The maximum absolute atomic E-state index is 13.6. The number of carbonyl (C=O) groups excluding carboxylic acids is 1. The highest BCUT2D eigenvalue weighted by atomic mass is 19.4. The van der Waals surface area contributed by atoms with Crippen molar-refractivity contribution in [3.8, 4) is 0 Å². The molecule has 156 valence electrons. The average molecular weight is 412 g/mol. The van der Waals surface area contributed by atoms with Gasteiger partial charge in [-0.25, -0.2) is 14.2 Å². The number of aromatic nitrogens is 3. The van der Waals surface area contributed by atoms with Gasteiger partial charge in [0.15, 0.2) is 0 Å². The van der Waals surface area contributed by atoms with Crippen LogP contribution in [-0.4, -0.2) is 63.2 Å². The summed E-state index contributed by atoms with van der Waals surface area (Å²) < 4.78 is 51.4. The molecule has 4 rings (SSSR count). The largest absolute Gasteiger partial charge is 0.419 e. The topological polar surface area (TPSA) is 77.2 Å². The molecule has 2 saturated heterocycles. The lowest BCUT2D eigenvalue weighted by molar-refractivity contribution is -0.140. The van der Waals surface area contributed by atoms with E-state index in [1.54, 1.807) is 9.80 Å². The van der Waals surface area contributed by atoms with Crippen molar-refractivity contribution < 1.29 is 22.4 Å². The second kappa shape index (κ2) is 7.62. The maximum atomic E-state index is 13.6. The number of nitrogens with one attached hydrogen (secondary N) is 2. The van der Waals surface area contributed by atoms with Gasteiger partial charge in [0.05, 0.1) is 5.56 Å².